The van der Waals surface area contributed by atoms with Crippen LogP contribution in [0.25, 0.3) is 5.69 Å². The van der Waals surface area contributed by atoms with Gasteiger partial charge < -0.3 is 14.6 Å². The van der Waals surface area contributed by atoms with E-state index in [2.05, 4.69) is 0 Å². The first-order chi connectivity index (χ1) is 15.9. The van der Waals surface area contributed by atoms with Gasteiger partial charge in [0.2, 0.25) is 0 Å². The summed E-state index contributed by atoms with van der Waals surface area (Å²) in [5, 5.41) is 18.1. The van der Waals surface area contributed by atoms with Crippen LogP contribution in [-0.4, -0.2) is 26.8 Å². The standard InChI is InChI=1S/C21H13F4N3O6/c1-27-17(21(23,24)25)8-18(29)28(20(27)32)13-7-16(11(9-26)6-12(13)22)34-15-5-3-2-4-14(15)33-10-19(30)31/h2-8H,10H2,1H3,(H,30,31). The molecular weight excluding hydrogens is 466 g/mol. The smallest absolute Gasteiger partial charge is 0.431 e. The quantitative estimate of drug-likeness (QED) is 0.540. The average Bonchev–Trinajstić information content (AvgIpc) is 2.76. The Morgan fingerprint density at radius 2 is 1.76 bits per heavy atom. The first-order valence-electron chi connectivity index (χ1n) is 9.19. The van der Waals surface area contributed by atoms with Gasteiger partial charge in [-0.3, -0.25) is 9.36 Å². The Kier molecular flexibility index (Phi) is 6.44. The minimum absolute atomic E-state index is 0.0534. The van der Waals surface area contributed by atoms with Crippen LogP contribution in [0.2, 0.25) is 0 Å². The van der Waals surface area contributed by atoms with E-state index in [9.17, 15) is 37.2 Å². The molecule has 1 heterocycles. The zero-order chi connectivity index (χ0) is 25.2. The Bertz CT molecular complexity index is 1440. The van der Waals surface area contributed by atoms with Gasteiger partial charge in [-0.25, -0.2) is 18.5 Å². The van der Waals surface area contributed by atoms with Gasteiger partial charge in [-0.2, -0.15) is 18.4 Å². The topological polar surface area (TPSA) is 124 Å². The Morgan fingerprint density at radius 3 is 2.35 bits per heavy atom. The minimum atomic E-state index is -5.01. The van der Waals surface area contributed by atoms with E-state index < -0.39 is 47.2 Å². The Morgan fingerprint density at radius 1 is 1.12 bits per heavy atom. The summed E-state index contributed by atoms with van der Waals surface area (Å²) in [6, 6.07) is 8.88. The molecule has 0 saturated carbocycles. The molecule has 2 aromatic carbocycles. The van der Waals surface area contributed by atoms with Gasteiger partial charge in [0, 0.05) is 19.2 Å². The summed E-state index contributed by atoms with van der Waals surface area (Å²) < 4.78 is 64.9. The van der Waals surface area contributed by atoms with E-state index >= 15 is 0 Å². The fraction of sp³-hybridized carbons (Fsp3) is 0.143. The van der Waals surface area contributed by atoms with E-state index in [1.54, 1.807) is 6.07 Å². The second kappa shape index (κ2) is 9.10. The highest BCUT2D eigenvalue weighted by atomic mass is 19.4. The van der Waals surface area contributed by atoms with E-state index in [0.717, 1.165) is 13.1 Å². The minimum Gasteiger partial charge on any atom is -0.479 e. The Labute approximate surface area is 187 Å². The summed E-state index contributed by atoms with van der Waals surface area (Å²) in [7, 11) is 0.760. The monoisotopic (exact) mass is 479 g/mol. The molecule has 0 bridgehead atoms. The van der Waals surface area contributed by atoms with Gasteiger partial charge in [0.15, 0.2) is 18.1 Å². The van der Waals surface area contributed by atoms with Crippen molar-refractivity contribution in [2.45, 2.75) is 6.18 Å². The molecule has 0 aliphatic heterocycles. The molecule has 0 amide bonds. The SMILES string of the molecule is Cn1c(C(F)(F)F)cc(=O)n(-c2cc(Oc3ccccc3OCC(=O)O)c(C#N)cc2F)c1=O. The lowest BCUT2D eigenvalue weighted by atomic mass is 10.1. The van der Waals surface area contributed by atoms with Crippen molar-refractivity contribution in [1.82, 2.24) is 9.13 Å². The summed E-state index contributed by atoms with van der Waals surface area (Å²) in [6.07, 6.45) is -5.01. The van der Waals surface area contributed by atoms with Crippen molar-refractivity contribution < 1.29 is 36.9 Å². The Hall–Kier alpha value is -4.60. The van der Waals surface area contributed by atoms with E-state index in [0.29, 0.717) is 6.07 Å². The maximum Gasteiger partial charge on any atom is 0.431 e. The highest BCUT2D eigenvalue weighted by molar-refractivity contribution is 5.68. The number of hydrogen-bond acceptors (Lipinski definition) is 6. The number of halogens is 4. The van der Waals surface area contributed by atoms with Gasteiger partial charge in [0.25, 0.3) is 5.56 Å². The number of carboxylic acids is 1. The number of alkyl halides is 3. The van der Waals surface area contributed by atoms with Gasteiger partial charge >= 0.3 is 17.8 Å². The second-order valence-electron chi connectivity index (χ2n) is 6.69. The van der Waals surface area contributed by atoms with Crippen LogP contribution >= 0.6 is 0 Å². The number of rotatable bonds is 6. The molecule has 3 rings (SSSR count). The van der Waals surface area contributed by atoms with Crippen LogP contribution in [0.5, 0.6) is 17.2 Å². The van der Waals surface area contributed by atoms with E-state index in [1.165, 1.54) is 24.3 Å². The van der Waals surface area contributed by atoms with Gasteiger partial charge in [-0.15, -0.1) is 0 Å². The second-order valence-corrected chi connectivity index (χ2v) is 6.69. The van der Waals surface area contributed by atoms with Gasteiger partial charge in [-0.1, -0.05) is 12.1 Å². The number of benzene rings is 2. The molecule has 0 spiro atoms. The van der Waals surface area contributed by atoms with Crippen molar-refractivity contribution in [3.05, 3.63) is 80.4 Å². The molecule has 13 heteroatoms. The lowest BCUT2D eigenvalue weighted by molar-refractivity contribution is -0.144. The van der Waals surface area contributed by atoms with Crippen LogP contribution in [-0.2, 0) is 18.0 Å². The van der Waals surface area contributed by atoms with Crippen molar-refractivity contribution in [1.29, 1.82) is 5.26 Å². The fourth-order valence-electron chi connectivity index (χ4n) is 2.92. The highest BCUT2D eigenvalue weighted by Crippen LogP contribution is 2.34. The van der Waals surface area contributed by atoms with Crippen LogP contribution in [0.4, 0.5) is 17.6 Å². The number of para-hydroxylation sites is 2. The fourth-order valence-corrected chi connectivity index (χ4v) is 2.92. The van der Waals surface area contributed by atoms with E-state index in [-0.39, 0.29) is 38.0 Å². The summed E-state index contributed by atoms with van der Waals surface area (Å²) >= 11 is 0. The molecule has 0 fully saturated rings. The van der Waals surface area contributed by atoms with E-state index in [1.807, 2.05) is 0 Å². The van der Waals surface area contributed by atoms with Crippen molar-refractivity contribution in [2.24, 2.45) is 7.05 Å². The average molecular weight is 479 g/mol. The van der Waals surface area contributed by atoms with Crippen LogP contribution in [0.1, 0.15) is 11.3 Å². The molecule has 0 unspecified atom stereocenters. The summed E-state index contributed by atoms with van der Waals surface area (Å²) in [5.74, 6) is -3.06. The van der Waals surface area contributed by atoms with Crippen LogP contribution < -0.4 is 20.7 Å². The van der Waals surface area contributed by atoms with Crippen LogP contribution in [0, 0.1) is 17.1 Å². The number of nitriles is 1. The largest absolute Gasteiger partial charge is 0.479 e. The van der Waals surface area contributed by atoms with Gasteiger partial charge in [0.05, 0.1) is 11.3 Å². The van der Waals surface area contributed by atoms with Crippen molar-refractivity contribution in [3.8, 4) is 29.0 Å². The molecule has 0 atom stereocenters. The van der Waals surface area contributed by atoms with Crippen LogP contribution in [0.3, 0.4) is 0 Å². The van der Waals surface area contributed by atoms with Gasteiger partial charge in [-0.05, 0) is 18.2 Å². The first-order valence-corrected chi connectivity index (χ1v) is 9.19. The third-order valence-electron chi connectivity index (χ3n) is 4.44. The number of hydrogen-bond donors (Lipinski definition) is 1. The summed E-state index contributed by atoms with van der Waals surface area (Å²) in [5.41, 5.74) is -5.63. The van der Waals surface area contributed by atoms with Crippen molar-refractivity contribution in [2.75, 3.05) is 6.61 Å². The Balaban J connectivity index is 2.17. The molecule has 34 heavy (non-hydrogen) atoms. The maximum absolute atomic E-state index is 14.7. The predicted molar refractivity (Wildman–Crippen MR) is 107 cm³/mol. The van der Waals surface area contributed by atoms with Crippen molar-refractivity contribution >= 4 is 5.97 Å². The zero-order valence-electron chi connectivity index (χ0n) is 17.1. The maximum atomic E-state index is 14.7. The molecule has 3 aromatic rings. The van der Waals surface area contributed by atoms with E-state index in [4.69, 9.17) is 14.6 Å². The normalized spacial score (nSPS) is 11.1. The summed E-state index contributed by atoms with van der Waals surface area (Å²) in [4.78, 5) is 35.6. The number of aliphatic carboxylic acids is 1. The summed E-state index contributed by atoms with van der Waals surface area (Å²) in [6.45, 7) is -0.725. The van der Waals surface area contributed by atoms with Crippen molar-refractivity contribution in [3.63, 3.8) is 0 Å². The van der Waals surface area contributed by atoms with Gasteiger partial charge in [0.1, 0.15) is 23.3 Å². The molecule has 0 saturated heterocycles. The van der Waals surface area contributed by atoms with Crippen LogP contribution in [0.15, 0.2) is 52.1 Å². The molecular formula is C21H13F4N3O6. The highest BCUT2D eigenvalue weighted by Gasteiger charge is 2.35. The number of ether oxygens (including phenoxy) is 2. The number of aromatic nitrogens is 2. The lowest BCUT2D eigenvalue weighted by Crippen LogP contribution is -2.41. The molecule has 9 nitrogen and oxygen atoms in total. The number of carboxylic acid groups (broad SMARTS) is 1. The first kappa shape index (κ1) is 24.1. The molecule has 0 aliphatic carbocycles. The molecule has 176 valence electrons. The lowest BCUT2D eigenvalue weighted by Gasteiger charge is -2.16. The third-order valence-corrected chi connectivity index (χ3v) is 4.44. The molecule has 0 radical (unpaired) electrons. The molecule has 1 aromatic heterocycles. The zero-order valence-corrected chi connectivity index (χ0v) is 17.1. The predicted octanol–water partition coefficient (Wildman–Crippen LogP) is 2.82. The number of carbonyl (C=O) groups is 1. The number of nitrogens with zero attached hydrogens (tertiary/aromatic N) is 3. The molecule has 0 aliphatic rings. The third kappa shape index (κ3) is 4.75. The molecule has 1 N–H and O–H groups in total.